The molecule has 0 aromatic heterocycles. The van der Waals surface area contributed by atoms with Crippen LogP contribution in [-0.4, -0.2) is 44.2 Å². The van der Waals surface area contributed by atoms with Crippen LogP contribution < -0.4 is 15.2 Å². The van der Waals surface area contributed by atoms with Gasteiger partial charge in [0, 0.05) is 25.2 Å². The Morgan fingerprint density at radius 1 is 1.35 bits per heavy atom. The lowest BCUT2D eigenvalue weighted by Gasteiger charge is -2.34. The van der Waals surface area contributed by atoms with Crippen LogP contribution in [0.2, 0.25) is 0 Å². The van der Waals surface area contributed by atoms with E-state index < -0.39 is 0 Å². The monoisotopic (exact) mass is 318 g/mol. The molecule has 1 heterocycles. The second-order valence-electron chi connectivity index (χ2n) is 5.99. The van der Waals surface area contributed by atoms with Gasteiger partial charge < -0.3 is 20.1 Å². The Bertz CT molecular complexity index is 569. The van der Waals surface area contributed by atoms with Crippen molar-refractivity contribution in [3.8, 4) is 11.5 Å². The molecule has 0 spiro atoms. The summed E-state index contributed by atoms with van der Waals surface area (Å²) in [7, 11) is 3.19. The van der Waals surface area contributed by atoms with E-state index in [0.717, 1.165) is 31.5 Å². The van der Waals surface area contributed by atoms with Crippen LogP contribution in [0.4, 0.5) is 0 Å². The maximum atomic E-state index is 12.4. The Morgan fingerprint density at radius 3 is 2.74 bits per heavy atom. The molecule has 23 heavy (non-hydrogen) atoms. The molecule has 5 nitrogen and oxygen atoms in total. The summed E-state index contributed by atoms with van der Waals surface area (Å²) in [5.74, 6) is 1.75. The average molecular weight is 318 g/mol. The van der Waals surface area contributed by atoms with Gasteiger partial charge >= 0.3 is 0 Å². The fourth-order valence-corrected chi connectivity index (χ4v) is 2.87. The topological polar surface area (TPSA) is 64.8 Å². The maximum absolute atomic E-state index is 12.4. The number of hydrogen-bond acceptors (Lipinski definition) is 4. The zero-order valence-corrected chi connectivity index (χ0v) is 14.1. The molecule has 2 unspecified atom stereocenters. The van der Waals surface area contributed by atoms with Gasteiger partial charge in [-0.1, -0.05) is 6.07 Å². The predicted octanol–water partition coefficient (Wildman–Crippen LogP) is 2.30. The second-order valence-corrected chi connectivity index (χ2v) is 5.99. The molecule has 0 aliphatic carbocycles. The van der Waals surface area contributed by atoms with Crippen molar-refractivity contribution in [2.45, 2.75) is 25.8 Å². The minimum Gasteiger partial charge on any atom is -0.493 e. The van der Waals surface area contributed by atoms with Gasteiger partial charge in [-0.3, -0.25) is 4.79 Å². The minimum absolute atomic E-state index is 0.0325. The number of methoxy groups -OCH3 is 2. The molecule has 1 amide bonds. The van der Waals surface area contributed by atoms with Crippen LogP contribution in [0, 0.1) is 5.92 Å². The largest absolute Gasteiger partial charge is 0.493 e. The quantitative estimate of drug-likeness (QED) is 0.846. The maximum Gasteiger partial charge on any atom is 0.246 e. The Balaban J connectivity index is 2.03. The van der Waals surface area contributed by atoms with Crippen molar-refractivity contribution in [3.63, 3.8) is 0 Å². The third-order valence-corrected chi connectivity index (χ3v) is 4.34. The van der Waals surface area contributed by atoms with E-state index in [1.165, 1.54) is 0 Å². The average Bonchev–Trinajstić information content (AvgIpc) is 2.59. The molecule has 1 aromatic rings. The van der Waals surface area contributed by atoms with Crippen molar-refractivity contribution >= 4 is 12.0 Å². The molecule has 0 bridgehead atoms. The first-order chi connectivity index (χ1) is 11.0. The third kappa shape index (κ3) is 4.48. The Labute approximate surface area is 138 Å². The first kappa shape index (κ1) is 17.3. The first-order valence-corrected chi connectivity index (χ1v) is 7.99. The van der Waals surface area contributed by atoms with Crippen molar-refractivity contribution in [2.24, 2.45) is 11.7 Å². The highest BCUT2D eigenvalue weighted by Gasteiger charge is 2.24. The first-order valence-electron chi connectivity index (χ1n) is 7.99. The van der Waals surface area contributed by atoms with E-state index in [9.17, 15) is 4.79 Å². The number of nitrogens with zero attached hydrogens (tertiary/aromatic N) is 1. The van der Waals surface area contributed by atoms with Gasteiger partial charge in [-0.05, 0) is 49.5 Å². The van der Waals surface area contributed by atoms with Gasteiger partial charge in [-0.25, -0.2) is 0 Å². The Hall–Kier alpha value is -2.01. The highest BCUT2D eigenvalue weighted by molar-refractivity contribution is 5.92. The van der Waals surface area contributed by atoms with Gasteiger partial charge in [0.2, 0.25) is 5.91 Å². The predicted molar refractivity (Wildman–Crippen MR) is 91.5 cm³/mol. The standard InChI is InChI=1S/C18H26N2O3/c1-13(19)15-5-4-10-20(12-15)18(21)9-7-14-6-8-16(22-2)17(11-14)23-3/h6-9,11,13,15H,4-5,10,12,19H2,1-3H3/b9-7+. The number of amides is 1. The van der Waals surface area contributed by atoms with Crippen LogP contribution in [0.15, 0.2) is 24.3 Å². The van der Waals surface area contributed by atoms with Gasteiger partial charge in [-0.15, -0.1) is 0 Å². The van der Waals surface area contributed by atoms with Crippen molar-refractivity contribution < 1.29 is 14.3 Å². The molecular formula is C18H26N2O3. The molecule has 1 saturated heterocycles. The van der Waals surface area contributed by atoms with Crippen LogP contribution in [0.3, 0.4) is 0 Å². The van der Waals surface area contributed by atoms with Gasteiger partial charge in [-0.2, -0.15) is 0 Å². The molecule has 2 N–H and O–H groups in total. The zero-order valence-electron chi connectivity index (χ0n) is 14.1. The minimum atomic E-state index is 0.0325. The summed E-state index contributed by atoms with van der Waals surface area (Å²) in [6.07, 6.45) is 5.54. The molecule has 1 fully saturated rings. The summed E-state index contributed by atoms with van der Waals surface area (Å²) >= 11 is 0. The Kier molecular flexibility index (Phi) is 6.04. The number of piperidine rings is 1. The molecule has 1 aliphatic rings. The third-order valence-electron chi connectivity index (χ3n) is 4.34. The fraction of sp³-hybridized carbons (Fsp3) is 0.500. The van der Waals surface area contributed by atoms with Crippen molar-refractivity contribution in [1.29, 1.82) is 0 Å². The smallest absolute Gasteiger partial charge is 0.246 e. The molecule has 0 saturated carbocycles. The van der Waals surface area contributed by atoms with E-state index in [2.05, 4.69) is 0 Å². The number of ether oxygens (including phenoxy) is 2. The zero-order chi connectivity index (χ0) is 16.8. The molecular weight excluding hydrogens is 292 g/mol. The molecule has 5 heteroatoms. The van der Waals surface area contributed by atoms with E-state index in [1.807, 2.05) is 30.0 Å². The van der Waals surface area contributed by atoms with E-state index in [4.69, 9.17) is 15.2 Å². The SMILES string of the molecule is COc1ccc(/C=C/C(=O)N2CCCC(C(C)N)C2)cc1OC. The summed E-state index contributed by atoms with van der Waals surface area (Å²) in [5, 5.41) is 0. The van der Waals surface area contributed by atoms with E-state index in [0.29, 0.717) is 17.4 Å². The molecule has 0 radical (unpaired) electrons. The number of likely N-dealkylation sites (tertiary alicyclic amines) is 1. The number of rotatable bonds is 5. The summed E-state index contributed by atoms with van der Waals surface area (Å²) in [4.78, 5) is 14.2. The summed E-state index contributed by atoms with van der Waals surface area (Å²) in [6, 6.07) is 5.70. The van der Waals surface area contributed by atoms with Crippen molar-refractivity contribution in [2.75, 3.05) is 27.3 Å². The van der Waals surface area contributed by atoms with Gasteiger partial charge in [0.15, 0.2) is 11.5 Å². The number of nitrogens with two attached hydrogens (primary N) is 1. The van der Waals surface area contributed by atoms with Gasteiger partial charge in [0.25, 0.3) is 0 Å². The highest BCUT2D eigenvalue weighted by Crippen LogP contribution is 2.28. The van der Waals surface area contributed by atoms with E-state index in [1.54, 1.807) is 26.4 Å². The number of hydrogen-bond donors (Lipinski definition) is 1. The van der Waals surface area contributed by atoms with Crippen LogP contribution in [0.1, 0.15) is 25.3 Å². The van der Waals surface area contributed by atoms with E-state index in [-0.39, 0.29) is 11.9 Å². The molecule has 2 rings (SSSR count). The lowest BCUT2D eigenvalue weighted by Crippen LogP contribution is -2.44. The number of carbonyl (C=O) groups is 1. The summed E-state index contributed by atoms with van der Waals surface area (Å²) in [6.45, 7) is 3.56. The molecule has 126 valence electrons. The number of carbonyl (C=O) groups excluding carboxylic acids is 1. The summed E-state index contributed by atoms with van der Waals surface area (Å²) in [5.41, 5.74) is 6.87. The molecule has 1 aromatic carbocycles. The molecule has 2 atom stereocenters. The lowest BCUT2D eigenvalue weighted by atomic mass is 9.92. The molecule has 1 aliphatic heterocycles. The second kappa shape index (κ2) is 8.02. The van der Waals surface area contributed by atoms with Crippen LogP contribution >= 0.6 is 0 Å². The fourth-order valence-electron chi connectivity index (χ4n) is 2.87. The van der Waals surface area contributed by atoms with Gasteiger partial charge in [0.1, 0.15) is 0 Å². The lowest BCUT2D eigenvalue weighted by molar-refractivity contribution is -0.127. The number of benzene rings is 1. The van der Waals surface area contributed by atoms with Crippen molar-refractivity contribution in [1.82, 2.24) is 4.90 Å². The van der Waals surface area contributed by atoms with Crippen LogP contribution in [0.25, 0.3) is 6.08 Å². The normalized spacial score (nSPS) is 19.7. The van der Waals surface area contributed by atoms with Crippen LogP contribution in [0.5, 0.6) is 11.5 Å². The van der Waals surface area contributed by atoms with Crippen LogP contribution in [-0.2, 0) is 4.79 Å². The highest BCUT2D eigenvalue weighted by atomic mass is 16.5. The van der Waals surface area contributed by atoms with E-state index >= 15 is 0 Å². The van der Waals surface area contributed by atoms with Gasteiger partial charge in [0.05, 0.1) is 14.2 Å². The Morgan fingerprint density at radius 2 is 2.09 bits per heavy atom. The van der Waals surface area contributed by atoms with Crippen molar-refractivity contribution in [3.05, 3.63) is 29.8 Å². The summed E-state index contributed by atoms with van der Waals surface area (Å²) < 4.78 is 10.5.